The van der Waals surface area contributed by atoms with Gasteiger partial charge in [0.25, 0.3) is 5.91 Å². The van der Waals surface area contributed by atoms with Crippen molar-refractivity contribution in [3.8, 4) is 5.75 Å². The van der Waals surface area contributed by atoms with Gasteiger partial charge in [-0.05, 0) is 60.7 Å². The van der Waals surface area contributed by atoms with Crippen LogP contribution in [0.4, 0.5) is 0 Å². The van der Waals surface area contributed by atoms with Crippen molar-refractivity contribution < 1.29 is 9.90 Å². The van der Waals surface area contributed by atoms with E-state index in [1.165, 1.54) is 18.9 Å². The minimum absolute atomic E-state index is 0.133. The molecule has 1 aliphatic rings. The molecule has 0 radical (unpaired) electrons. The Hall–Kier alpha value is -0.820. The summed E-state index contributed by atoms with van der Waals surface area (Å²) < 4.78 is 0.748. The highest BCUT2D eigenvalue weighted by atomic mass is 127. The van der Waals surface area contributed by atoms with Gasteiger partial charge in [0.1, 0.15) is 5.75 Å². The molecule has 0 aromatic heterocycles. The van der Waals surface area contributed by atoms with Crippen molar-refractivity contribution in [3.05, 3.63) is 27.3 Å². The predicted molar refractivity (Wildman–Crippen MR) is 78.8 cm³/mol. The van der Waals surface area contributed by atoms with Crippen LogP contribution in [0.25, 0.3) is 0 Å². The lowest BCUT2D eigenvalue weighted by atomic mass is 10.2. The van der Waals surface area contributed by atoms with Crippen LogP contribution in [0, 0.1) is 3.57 Å². The molecular weight excluding hydrogens is 343 g/mol. The van der Waals surface area contributed by atoms with E-state index in [4.69, 9.17) is 0 Å². The van der Waals surface area contributed by atoms with E-state index in [9.17, 15) is 9.90 Å². The molecule has 1 aromatic rings. The number of likely N-dealkylation sites (N-methyl/N-ethyl adjacent to an activating group) is 1. The SMILES string of the molecule is CN(CCNC(=O)c1ccc(I)c(O)c1)C1CC1. The van der Waals surface area contributed by atoms with E-state index in [1.54, 1.807) is 12.1 Å². The lowest BCUT2D eigenvalue weighted by Crippen LogP contribution is -2.33. The Morgan fingerprint density at radius 1 is 1.56 bits per heavy atom. The molecule has 1 fully saturated rings. The third-order valence-corrected chi connectivity index (χ3v) is 4.04. The van der Waals surface area contributed by atoms with E-state index in [1.807, 2.05) is 22.6 Å². The number of benzene rings is 1. The van der Waals surface area contributed by atoms with Gasteiger partial charge in [-0.1, -0.05) is 0 Å². The summed E-state index contributed by atoms with van der Waals surface area (Å²) in [5.74, 6) is 0.0178. The van der Waals surface area contributed by atoms with Crippen LogP contribution in [0.2, 0.25) is 0 Å². The van der Waals surface area contributed by atoms with Crippen LogP contribution in [0.15, 0.2) is 18.2 Å². The molecule has 5 heteroatoms. The molecule has 0 unspecified atom stereocenters. The smallest absolute Gasteiger partial charge is 0.251 e. The van der Waals surface area contributed by atoms with E-state index in [2.05, 4.69) is 17.3 Å². The molecule has 1 aliphatic carbocycles. The zero-order valence-electron chi connectivity index (χ0n) is 10.3. The van der Waals surface area contributed by atoms with Gasteiger partial charge < -0.3 is 15.3 Å². The van der Waals surface area contributed by atoms with Crippen molar-refractivity contribution in [2.45, 2.75) is 18.9 Å². The number of halogens is 1. The van der Waals surface area contributed by atoms with E-state index < -0.39 is 0 Å². The number of carbonyl (C=O) groups is 1. The average molecular weight is 360 g/mol. The third-order valence-electron chi connectivity index (χ3n) is 3.13. The molecule has 2 rings (SSSR count). The van der Waals surface area contributed by atoms with Crippen LogP contribution in [0.3, 0.4) is 0 Å². The highest BCUT2D eigenvalue weighted by Crippen LogP contribution is 2.24. The Kier molecular flexibility index (Phi) is 4.45. The Labute approximate surface area is 121 Å². The predicted octanol–water partition coefficient (Wildman–Crippen LogP) is 1.82. The highest BCUT2D eigenvalue weighted by molar-refractivity contribution is 14.1. The van der Waals surface area contributed by atoms with Crippen LogP contribution in [-0.2, 0) is 0 Å². The molecule has 0 heterocycles. The van der Waals surface area contributed by atoms with Gasteiger partial charge in [-0.15, -0.1) is 0 Å². The number of hydrogen-bond acceptors (Lipinski definition) is 3. The molecular formula is C13H17IN2O2. The largest absolute Gasteiger partial charge is 0.507 e. The van der Waals surface area contributed by atoms with Gasteiger partial charge in [0, 0.05) is 24.7 Å². The maximum absolute atomic E-state index is 11.8. The first kappa shape index (κ1) is 13.6. The molecule has 2 N–H and O–H groups in total. The molecule has 1 saturated carbocycles. The summed E-state index contributed by atoms with van der Waals surface area (Å²) in [5.41, 5.74) is 0.502. The molecule has 18 heavy (non-hydrogen) atoms. The maximum atomic E-state index is 11.8. The monoisotopic (exact) mass is 360 g/mol. The number of amides is 1. The molecule has 0 atom stereocenters. The summed E-state index contributed by atoms with van der Waals surface area (Å²) in [5, 5.41) is 12.4. The number of aromatic hydroxyl groups is 1. The molecule has 1 amide bonds. The molecule has 0 aliphatic heterocycles. The van der Waals surface area contributed by atoms with E-state index >= 15 is 0 Å². The second kappa shape index (κ2) is 5.88. The van der Waals surface area contributed by atoms with Crippen LogP contribution >= 0.6 is 22.6 Å². The van der Waals surface area contributed by atoms with Gasteiger partial charge in [0.15, 0.2) is 0 Å². The Morgan fingerprint density at radius 2 is 2.28 bits per heavy atom. The molecule has 0 bridgehead atoms. The summed E-state index contributed by atoms with van der Waals surface area (Å²) in [6.07, 6.45) is 2.55. The van der Waals surface area contributed by atoms with Crippen molar-refractivity contribution >= 4 is 28.5 Å². The minimum atomic E-state index is -0.133. The topological polar surface area (TPSA) is 52.6 Å². The fraction of sp³-hybridized carbons (Fsp3) is 0.462. The van der Waals surface area contributed by atoms with Gasteiger partial charge in [-0.25, -0.2) is 0 Å². The van der Waals surface area contributed by atoms with Crippen molar-refractivity contribution in [2.75, 3.05) is 20.1 Å². The molecule has 98 valence electrons. The quantitative estimate of drug-likeness (QED) is 0.788. The van der Waals surface area contributed by atoms with Crippen LogP contribution in [0.5, 0.6) is 5.75 Å². The van der Waals surface area contributed by atoms with E-state index in [0.29, 0.717) is 18.2 Å². The average Bonchev–Trinajstić information content (AvgIpc) is 3.16. The summed E-state index contributed by atoms with van der Waals surface area (Å²) in [6, 6.07) is 5.67. The van der Waals surface area contributed by atoms with E-state index in [0.717, 1.165) is 10.1 Å². The number of rotatable bonds is 5. The van der Waals surface area contributed by atoms with Gasteiger partial charge in [-0.2, -0.15) is 0 Å². The van der Waals surface area contributed by atoms with Gasteiger partial charge >= 0.3 is 0 Å². The van der Waals surface area contributed by atoms with Gasteiger partial charge in [0.2, 0.25) is 0 Å². The van der Waals surface area contributed by atoms with Gasteiger partial charge in [-0.3, -0.25) is 4.79 Å². The number of carbonyl (C=O) groups excluding carboxylic acids is 1. The second-order valence-corrected chi connectivity index (χ2v) is 5.80. The molecule has 0 saturated heterocycles. The zero-order valence-corrected chi connectivity index (χ0v) is 12.5. The van der Waals surface area contributed by atoms with Crippen molar-refractivity contribution in [2.24, 2.45) is 0 Å². The molecule has 1 aromatic carbocycles. The fourth-order valence-corrected chi connectivity index (χ4v) is 2.14. The van der Waals surface area contributed by atoms with Crippen molar-refractivity contribution in [1.29, 1.82) is 0 Å². The van der Waals surface area contributed by atoms with E-state index in [-0.39, 0.29) is 11.7 Å². The van der Waals surface area contributed by atoms with Crippen molar-refractivity contribution in [3.63, 3.8) is 0 Å². The second-order valence-electron chi connectivity index (χ2n) is 4.63. The number of nitrogens with zero attached hydrogens (tertiary/aromatic N) is 1. The number of hydrogen-bond donors (Lipinski definition) is 2. The third kappa shape index (κ3) is 3.58. The molecule has 0 spiro atoms. The number of phenolic OH excluding ortho intramolecular Hbond substituents is 1. The van der Waals surface area contributed by atoms with Crippen LogP contribution in [-0.4, -0.2) is 42.1 Å². The van der Waals surface area contributed by atoms with Gasteiger partial charge in [0.05, 0.1) is 3.57 Å². The fourth-order valence-electron chi connectivity index (χ4n) is 1.80. The summed E-state index contributed by atoms with van der Waals surface area (Å²) in [6.45, 7) is 1.51. The van der Waals surface area contributed by atoms with Crippen molar-refractivity contribution in [1.82, 2.24) is 10.2 Å². The lowest BCUT2D eigenvalue weighted by molar-refractivity contribution is 0.0949. The summed E-state index contributed by atoms with van der Waals surface area (Å²) in [4.78, 5) is 14.1. The summed E-state index contributed by atoms with van der Waals surface area (Å²) in [7, 11) is 2.08. The lowest BCUT2D eigenvalue weighted by Gasteiger charge is -2.15. The standard InChI is InChI=1S/C13H17IN2O2/c1-16(10-3-4-10)7-6-15-13(18)9-2-5-11(14)12(17)8-9/h2,5,8,10,17H,3-4,6-7H2,1H3,(H,15,18). The maximum Gasteiger partial charge on any atom is 0.251 e. The summed E-state index contributed by atoms with van der Waals surface area (Å²) >= 11 is 2.03. The Balaban J connectivity index is 1.81. The first-order valence-electron chi connectivity index (χ1n) is 6.05. The number of phenols is 1. The van der Waals surface area contributed by atoms with Crippen LogP contribution in [0.1, 0.15) is 23.2 Å². The first-order chi connectivity index (χ1) is 8.58. The molecule has 4 nitrogen and oxygen atoms in total. The first-order valence-corrected chi connectivity index (χ1v) is 7.13. The highest BCUT2D eigenvalue weighted by Gasteiger charge is 2.25. The minimum Gasteiger partial charge on any atom is -0.507 e. The normalized spacial score (nSPS) is 14.8. The zero-order chi connectivity index (χ0) is 13.1. The Bertz CT molecular complexity index is 447. The number of nitrogens with one attached hydrogen (secondary N) is 1. The Morgan fingerprint density at radius 3 is 2.89 bits per heavy atom. The van der Waals surface area contributed by atoms with Crippen LogP contribution < -0.4 is 5.32 Å².